The van der Waals surface area contributed by atoms with Crippen molar-refractivity contribution >= 4 is 17.8 Å². The summed E-state index contributed by atoms with van der Waals surface area (Å²) in [6.45, 7) is 1.88. The van der Waals surface area contributed by atoms with Gasteiger partial charge in [0.1, 0.15) is 6.04 Å². The first-order valence-electron chi connectivity index (χ1n) is 12.6. The first-order valence-corrected chi connectivity index (χ1v) is 12.6. The fraction of sp³-hybridized carbons (Fsp3) is 0.750. The highest BCUT2D eigenvalue weighted by Crippen LogP contribution is 2.55. The molecule has 1 unspecified atom stereocenters. The Bertz CT molecular complexity index is 828. The molecule has 0 aromatic carbocycles. The molecule has 5 aliphatic rings. The summed E-state index contributed by atoms with van der Waals surface area (Å²) >= 11 is 0. The van der Waals surface area contributed by atoms with Crippen LogP contribution in [0.3, 0.4) is 0 Å². The Morgan fingerprint density at radius 1 is 1.09 bits per heavy atom. The van der Waals surface area contributed by atoms with E-state index in [2.05, 4.69) is 25.9 Å². The third-order valence-electron chi connectivity index (χ3n) is 8.08. The van der Waals surface area contributed by atoms with E-state index >= 15 is 0 Å². The second-order valence-corrected chi connectivity index (χ2v) is 10.7. The summed E-state index contributed by atoms with van der Waals surface area (Å²) in [6.07, 6.45) is 13.2. The summed E-state index contributed by atoms with van der Waals surface area (Å²) in [6, 6.07) is -0.859. The maximum absolute atomic E-state index is 12.9. The molecule has 4 N–H and O–H groups in total. The van der Waals surface area contributed by atoms with Gasteiger partial charge < -0.3 is 25.8 Å². The topological polar surface area (TPSA) is 119 Å². The van der Waals surface area contributed by atoms with Crippen LogP contribution in [-0.2, 0) is 9.59 Å². The van der Waals surface area contributed by atoms with Crippen molar-refractivity contribution in [2.75, 3.05) is 19.6 Å². The summed E-state index contributed by atoms with van der Waals surface area (Å²) in [5.41, 5.74) is 0.581. The molecule has 0 radical (unpaired) electrons. The number of urea groups is 1. The summed E-state index contributed by atoms with van der Waals surface area (Å²) in [5.74, 6) is 2.05. The summed E-state index contributed by atoms with van der Waals surface area (Å²) < 4.78 is 0. The quantitative estimate of drug-likeness (QED) is 0.449. The second kappa shape index (κ2) is 9.35. The number of nitrogens with one attached hydrogen (secondary N) is 4. The van der Waals surface area contributed by atoms with Crippen LogP contribution in [-0.4, -0.2) is 57.9 Å². The zero-order valence-electron chi connectivity index (χ0n) is 19.3. The van der Waals surface area contributed by atoms with Gasteiger partial charge in [-0.3, -0.25) is 9.59 Å². The molecule has 2 heterocycles. The molecule has 1 saturated heterocycles. The van der Waals surface area contributed by atoms with Crippen molar-refractivity contribution in [1.29, 1.82) is 0 Å². The van der Waals surface area contributed by atoms with Crippen molar-refractivity contribution in [3.63, 3.8) is 0 Å². The average molecular weight is 457 g/mol. The lowest BCUT2D eigenvalue weighted by Crippen LogP contribution is -2.61. The number of nitrogens with zero attached hydrogens (tertiary/aromatic N) is 2. The SMILES string of the molecule is O=C(CCCNC(=O)NC12CC3CC(CC(C3)C1)C2)NC(C(=O)N1CCCC1)c1cnc[nH]1. The van der Waals surface area contributed by atoms with Gasteiger partial charge in [0.25, 0.3) is 5.91 Å². The standard InChI is InChI=1S/C24H36N6O3/c31-20(28-21(19-14-25-15-27-19)22(32)30-6-1-2-7-30)4-3-5-26-23(33)29-24-11-16-8-17(12-24)10-18(9-16)13-24/h14-18,21H,1-13H2,(H,25,27)(H,28,31)(H2,26,29,33). The first-order chi connectivity index (χ1) is 16.0. The molecule has 4 amide bonds. The number of rotatable bonds is 8. The zero-order chi connectivity index (χ0) is 22.8. The van der Waals surface area contributed by atoms with Crippen LogP contribution in [0, 0.1) is 17.8 Å². The molecule has 6 rings (SSSR count). The maximum Gasteiger partial charge on any atom is 0.315 e. The van der Waals surface area contributed by atoms with Crippen molar-refractivity contribution in [2.24, 2.45) is 17.8 Å². The minimum absolute atomic E-state index is 0.0105. The van der Waals surface area contributed by atoms with E-state index in [9.17, 15) is 14.4 Å². The number of likely N-dealkylation sites (tertiary alicyclic amines) is 1. The summed E-state index contributed by atoms with van der Waals surface area (Å²) in [7, 11) is 0. The number of amides is 4. The molecule has 1 atom stereocenters. The Labute approximate surface area is 194 Å². The van der Waals surface area contributed by atoms with Gasteiger partial charge in [0.05, 0.1) is 18.2 Å². The van der Waals surface area contributed by atoms with Gasteiger partial charge in [0.15, 0.2) is 0 Å². The first kappa shape index (κ1) is 22.2. The minimum atomic E-state index is -0.745. The molecule has 9 nitrogen and oxygen atoms in total. The number of imidazole rings is 1. The molecule has 4 aliphatic carbocycles. The highest BCUT2D eigenvalue weighted by Gasteiger charge is 2.51. The largest absolute Gasteiger partial charge is 0.346 e. The minimum Gasteiger partial charge on any atom is -0.346 e. The van der Waals surface area contributed by atoms with E-state index in [0.717, 1.165) is 62.9 Å². The molecule has 33 heavy (non-hydrogen) atoms. The molecule has 180 valence electrons. The van der Waals surface area contributed by atoms with Crippen LogP contribution >= 0.6 is 0 Å². The van der Waals surface area contributed by atoms with E-state index in [1.54, 1.807) is 11.1 Å². The Morgan fingerprint density at radius 3 is 2.36 bits per heavy atom. The number of hydrogen-bond acceptors (Lipinski definition) is 4. The van der Waals surface area contributed by atoms with E-state index in [1.807, 2.05) is 0 Å². The molecule has 5 fully saturated rings. The predicted octanol–water partition coefficient (Wildman–Crippen LogP) is 2.24. The van der Waals surface area contributed by atoms with E-state index in [-0.39, 0.29) is 29.8 Å². The highest BCUT2D eigenvalue weighted by molar-refractivity contribution is 5.88. The molecule has 0 spiro atoms. The van der Waals surface area contributed by atoms with Gasteiger partial charge in [-0.05, 0) is 75.5 Å². The Hall–Kier alpha value is -2.58. The van der Waals surface area contributed by atoms with Gasteiger partial charge >= 0.3 is 6.03 Å². The molecular weight excluding hydrogens is 420 g/mol. The number of hydrogen-bond donors (Lipinski definition) is 4. The third kappa shape index (κ3) is 5.01. The third-order valence-corrected chi connectivity index (χ3v) is 8.08. The van der Waals surface area contributed by atoms with Crippen molar-refractivity contribution in [2.45, 2.75) is 75.8 Å². The molecule has 1 aliphatic heterocycles. The van der Waals surface area contributed by atoms with Gasteiger partial charge in [0, 0.05) is 31.6 Å². The van der Waals surface area contributed by atoms with E-state index in [0.29, 0.717) is 18.7 Å². The number of aromatic amines is 1. The van der Waals surface area contributed by atoms with Gasteiger partial charge in [-0.2, -0.15) is 0 Å². The lowest BCUT2D eigenvalue weighted by atomic mass is 9.53. The van der Waals surface area contributed by atoms with Gasteiger partial charge in [0.2, 0.25) is 5.91 Å². The summed E-state index contributed by atoms with van der Waals surface area (Å²) in [4.78, 5) is 46.8. The van der Waals surface area contributed by atoms with Crippen LogP contribution in [0.1, 0.15) is 75.9 Å². The van der Waals surface area contributed by atoms with Crippen LogP contribution in [0.15, 0.2) is 12.5 Å². The zero-order valence-corrected chi connectivity index (χ0v) is 19.3. The normalized spacial score (nSPS) is 30.8. The van der Waals surface area contributed by atoms with Crippen LogP contribution in [0.2, 0.25) is 0 Å². The fourth-order valence-electron chi connectivity index (χ4n) is 7.05. The van der Waals surface area contributed by atoms with Crippen molar-refractivity contribution in [1.82, 2.24) is 30.8 Å². The van der Waals surface area contributed by atoms with Crippen molar-refractivity contribution < 1.29 is 14.4 Å². The summed E-state index contributed by atoms with van der Waals surface area (Å²) in [5, 5.41) is 9.10. The number of H-pyrrole nitrogens is 1. The molecule has 1 aromatic heterocycles. The average Bonchev–Trinajstić information content (AvgIpc) is 3.48. The van der Waals surface area contributed by atoms with E-state index in [1.165, 1.54) is 25.6 Å². The van der Waals surface area contributed by atoms with Crippen LogP contribution < -0.4 is 16.0 Å². The molecule has 1 aromatic rings. The molecular formula is C24H36N6O3. The Morgan fingerprint density at radius 2 is 1.76 bits per heavy atom. The maximum atomic E-state index is 12.9. The van der Waals surface area contributed by atoms with E-state index in [4.69, 9.17) is 0 Å². The Kier molecular flexibility index (Phi) is 6.29. The number of carbonyl (C=O) groups is 3. The Balaban J connectivity index is 1.06. The van der Waals surface area contributed by atoms with Gasteiger partial charge in [-0.15, -0.1) is 0 Å². The van der Waals surface area contributed by atoms with Crippen LogP contribution in [0.4, 0.5) is 4.79 Å². The van der Waals surface area contributed by atoms with Gasteiger partial charge in [-0.1, -0.05) is 0 Å². The second-order valence-electron chi connectivity index (χ2n) is 10.7. The van der Waals surface area contributed by atoms with Crippen molar-refractivity contribution in [3.8, 4) is 0 Å². The monoisotopic (exact) mass is 456 g/mol. The smallest absolute Gasteiger partial charge is 0.315 e. The molecule has 9 heteroatoms. The predicted molar refractivity (Wildman–Crippen MR) is 122 cm³/mol. The van der Waals surface area contributed by atoms with Crippen LogP contribution in [0.25, 0.3) is 0 Å². The molecule has 4 bridgehead atoms. The lowest BCUT2D eigenvalue weighted by Gasteiger charge is -2.56. The van der Waals surface area contributed by atoms with Crippen molar-refractivity contribution in [3.05, 3.63) is 18.2 Å². The number of carbonyl (C=O) groups excluding carboxylic acids is 3. The number of aromatic nitrogens is 2. The van der Waals surface area contributed by atoms with Crippen LogP contribution in [0.5, 0.6) is 0 Å². The highest BCUT2D eigenvalue weighted by atomic mass is 16.2. The van der Waals surface area contributed by atoms with E-state index < -0.39 is 6.04 Å². The van der Waals surface area contributed by atoms with Gasteiger partial charge in [-0.25, -0.2) is 9.78 Å². The lowest BCUT2D eigenvalue weighted by molar-refractivity contribution is -0.135. The fourth-order valence-corrected chi connectivity index (χ4v) is 7.05. The molecule has 4 saturated carbocycles.